The van der Waals surface area contributed by atoms with Gasteiger partial charge in [0.15, 0.2) is 5.96 Å². The Balaban J connectivity index is 0.00000225. The summed E-state index contributed by atoms with van der Waals surface area (Å²) in [6, 6.07) is 6.98. The van der Waals surface area contributed by atoms with E-state index >= 15 is 0 Å². The van der Waals surface area contributed by atoms with Crippen molar-refractivity contribution in [2.45, 2.75) is 32.1 Å². The molecule has 0 saturated carbocycles. The van der Waals surface area contributed by atoms with Crippen molar-refractivity contribution in [3.05, 3.63) is 35.4 Å². The lowest BCUT2D eigenvalue weighted by Crippen LogP contribution is -2.40. The van der Waals surface area contributed by atoms with E-state index in [9.17, 15) is 9.59 Å². The first-order valence-corrected chi connectivity index (χ1v) is 8.68. The highest BCUT2D eigenvalue weighted by atomic mass is 127. The number of benzene rings is 1. The maximum absolute atomic E-state index is 12.2. The van der Waals surface area contributed by atoms with Crippen LogP contribution in [0.15, 0.2) is 29.3 Å². The molecule has 1 saturated heterocycles. The molecule has 0 atom stereocenters. The summed E-state index contributed by atoms with van der Waals surface area (Å²) in [6.45, 7) is 3.05. The zero-order chi connectivity index (χ0) is 16.9. The van der Waals surface area contributed by atoms with Crippen LogP contribution in [-0.2, 0) is 0 Å². The van der Waals surface area contributed by atoms with Gasteiger partial charge in [-0.1, -0.05) is 12.1 Å². The number of amides is 2. The van der Waals surface area contributed by atoms with E-state index in [2.05, 4.69) is 9.89 Å². The molecule has 7 heteroatoms. The average molecular weight is 456 g/mol. The minimum absolute atomic E-state index is 0. The monoisotopic (exact) mass is 456 g/mol. The fraction of sp³-hybridized carbons (Fsp3) is 0.500. The Morgan fingerprint density at radius 1 is 1.00 bits per heavy atom. The van der Waals surface area contributed by atoms with Crippen molar-refractivity contribution in [2.75, 3.05) is 26.2 Å². The molecular formula is C18H25IN4O2. The second-order valence-corrected chi connectivity index (χ2v) is 6.30. The number of hydrogen-bond donors (Lipinski definition) is 1. The Hall–Kier alpha value is -1.64. The fourth-order valence-electron chi connectivity index (χ4n) is 3.24. The highest BCUT2D eigenvalue weighted by Gasteiger charge is 2.34. The number of rotatable bonds is 5. The third-order valence-electron chi connectivity index (χ3n) is 4.62. The summed E-state index contributed by atoms with van der Waals surface area (Å²) in [5.41, 5.74) is 7.03. The fourth-order valence-corrected chi connectivity index (χ4v) is 3.24. The van der Waals surface area contributed by atoms with Crippen LogP contribution in [0.3, 0.4) is 0 Å². The molecule has 1 fully saturated rings. The molecule has 0 radical (unpaired) electrons. The second kappa shape index (κ2) is 9.17. The standard InChI is InChI=1S/C18H24N4O2.HI/c19-18(21-11-5-1-6-12-21)20-10-4-7-13-22-16(23)14-8-2-3-9-15(14)17(22)24;/h2-3,8-9H,1,4-7,10-13H2,(H2,19,20);1H. The summed E-state index contributed by atoms with van der Waals surface area (Å²) in [7, 11) is 0. The molecule has 2 aliphatic heterocycles. The zero-order valence-corrected chi connectivity index (χ0v) is 16.6. The lowest BCUT2D eigenvalue weighted by atomic mass is 10.1. The van der Waals surface area contributed by atoms with Gasteiger partial charge in [-0.2, -0.15) is 0 Å². The Bertz CT molecular complexity index is 621. The average Bonchev–Trinajstić information content (AvgIpc) is 2.87. The Labute approximate surface area is 165 Å². The van der Waals surface area contributed by atoms with Crippen LogP contribution < -0.4 is 5.73 Å². The number of halogens is 1. The van der Waals surface area contributed by atoms with Gasteiger partial charge in [-0.3, -0.25) is 19.5 Å². The number of unbranched alkanes of at least 4 members (excludes halogenated alkanes) is 1. The Morgan fingerprint density at radius 2 is 1.60 bits per heavy atom. The van der Waals surface area contributed by atoms with E-state index in [-0.39, 0.29) is 35.8 Å². The number of likely N-dealkylation sites (tertiary alicyclic amines) is 1. The van der Waals surface area contributed by atoms with Gasteiger partial charge in [0.2, 0.25) is 0 Å². The first kappa shape index (κ1) is 19.7. The highest BCUT2D eigenvalue weighted by Crippen LogP contribution is 2.22. The molecule has 2 aliphatic rings. The van der Waals surface area contributed by atoms with Gasteiger partial charge in [-0.25, -0.2) is 0 Å². The van der Waals surface area contributed by atoms with Crippen LogP contribution in [0.5, 0.6) is 0 Å². The van der Waals surface area contributed by atoms with Crippen molar-refractivity contribution in [1.82, 2.24) is 9.80 Å². The topological polar surface area (TPSA) is 79.0 Å². The smallest absolute Gasteiger partial charge is 0.261 e. The molecule has 1 aromatic rings. The minimum Gasteiger partial charge on any atom is -0.370 e. The van der Waals surface area contributed by atoms with Gasteiger partial charge in [0.05, 0.1) is 11.1 Å². The molecule has 0 aromatic heterocycles. The van der Waals surface area contributed by atoms with Crippen LogP contribution in [0, 0.1) is 0 Å². The number of imide groups is 1. The normalized spacial score (nSPS) is 17.5. The summed E-state index contributed by atoms with van der Waals surface area (Å²) in [6.07, 6.45) is 5.17. The van der Waals surface area contributed by atoms with E-state index in [1.165, 1.54) is 24.2 Å². The molecule has 1 aromatic carbocycles. The predicted octanol–water partition coefficient (Wildman–Crippen LogP) is 2.48. The van der Waals surface area contributed by atoms with Crippen molar-refractivity contribution >= 4 is 41.8 Å². The van der Waals surface area contributed by atoms with Gasteiger partial charge in [-0.05, 0) is 44.2 Å². The van der Waals surface area contributed by atoms with Crippen molar-refractivity contribution in [2.24, 2.45) is 10.7 Å². The summed E-state index contributed by atoms with van der Waals surface area (Å²) < 4.78 is 0. The number of fused-ring (bicyclic) bond motifs is 1. The van der Waals surface area contributed by atoms with Gasteiger partial charge in [0, 0.05) is 26.2 Å². The molecule has 25 heavy (non-hydrogen) atoms. The van der Waals surface area contributed by atoms with Crippen molar-refractivity contribution in [3.63, 3.8) is 0 Å². The summed E-state index contributed by atoms with van der Waals surface area (Å²) in [5.74, 6) is 0.245. The number of nitrogens with zero attached hydrogens (tertiary/aromatic N) is 3. The van der Waals surface area contributed by atoms with Gasteiger partial charge in [0.1, 0.15) is 0 Å². The molecule has 6 nitrogen and oxygen atoms in total. The quantitative estimate of drug-likeness (QED) is 0.243. The number of aliphatic imine (C=N–C) groups is 1. The van der Waals surface area contributed by atoms with E-state index in [4.69, 9.17) is 5.73 Å². The third kappa shape index (κ3) is 4.50. The molecule has 136 valence electrons. The van der Waals surface area contributed by atoms with Crippen LogP contribution >= 0.6 is 24.0 Å². The van der Waals surface area contributed by atoms with Gasteiger partial charge >= 0.3 is 0 Å². The number of carbonyl (C=O) groups is 2. The largest absolute Gasteiger partial charge is 0.370 e. The van der Waals surface area contributed by atoms with Crippen LogP contribution in [0.2, 0.25) is 0 Å². The second-order valence-electron chi connectivity index (χ2n) is 6.30. The van der Waals surface area contributed by atoms with Crippen molar-refractivity contribution in [1.29, 1.82) is 0 Å². The summed E-state index contributed by atoms with van der Waals surface area (Å²) in [4.78, 5) is 32.4. The molecule has 0 bridgehead atoms. The summed E-state index contributed by atoms with van der Waals surface area (Å²) >= 11 is 0. The number of nitrogens with two attached hydrogens (primary N) is 1. The molecule has 0 unspecified atom stereocenters. The molecule has 2 heterocycles. The van der Waals surface area contributed by atoms with Crippen molar-refractivity contribution < 1.29 is 9.59 Å². The molecule has 2 amide bonds. The molecule has 2 N–H and O–H groups in total. The molecule has 3 rings (SSSR count). The van der Waals surface area contributed by atoms with Crippen LogP contribution in [-0.4, -0.2) is 53.8 Å². The van der Waals surface area contributed by atoms with Crippen LogP contribution in [0.25, 0.3) is 0 Å². The third-order valence-corrected chi connectivity index (χ3v) is 4.62. The first-order valence-electron chi connectivity index (χ1n) is 8.68. The maximum atomic E-state index is 12.2. The highest BCUT2D eigenvalue weighted by molar-refractivity contribution is 14.0. The lowest BCUT2D eigenvalue weighted by Gasteiger charge is -2.27. The van der Waals surface area contributed by atoms with E-state index in [0.29, 0.717) is 30.2 Å². The van der Waals surface area contributed by atoms with E-state index < -0.39 is 0 Å². The van der Waals surface area contributed by atoms with E-state index in [1.54, 1.807) is 24.3 Å². The Morgan fingerprint density at radius 3 is 2.20 bits per heavy atom. The predicted molar refractivity (Wildman–Crippen MR) is 108 cm³/mol. The van der Waals surface area contributed by atoms with Gasteiger partial charge in [0.25, 0.3) is 11.8 Å². The SMILES string of the molecule is I.NC(=NCCCCN1C(=O)c2ccccc2C1=O)N1CCCCC1. The number of carbonyl (C=O) groups excluding carboxylic acids is 2. The molecule has 0 aliphatic carbocycles. The van der Waals surface area contributed by atoms with E-state index in [1.807, 2.05) is 0 Å². The van der Waals surface area contributed by atoms with Gasteiger partial charge < -0.3 is 10.6 Å². The number of piperidine rings is 1. The zero-order valence-electron chi connectivity index (χ0n) is 14.3. The number of hydrogen-bond acceptors (Lipinski definition) is 3. The summed E-state index contributed by atoms with van der Waals surface area (Å²) in [5, 5.41) is 0. The van der Waals surface area contributed by atoms with Crippen molar-refractivity contribution in [3.8, 4) is 0 Å². The first-order chi connectivity index (χ1) is 11.7. The van der Waals surface area contributed by atoms with Crippen LogP contribution in [0.4, 0.5) is 0 Å². The lowest BCUT2D eigenvalue weighted by molar-refractivity contribution is 0.0652. The van der Waals surface area contributed by atoms with Crippen LogP contribution in [0.1, 0.15) is 52.8 Å². The minimum atomic E-state index is -0.188. The Kier molecular flexibility index (Phi) is 7.22. The molecular weight excluding hydrogens is 431 g/mol. The van der Waals surface area contributed by atoms with Gasteiger partial charge in [-0.15, -0.1) is 24.0 Å². The molecule has 0 spiro atoms. The van der Waals surface area contributed by atoms with E-state index in [0.717, 1.165) is 25.9 Å². The maximum Gasteiger partial charge on any atom is 0.261 e. The number of guanidine groups is 1.